The second-order valence-electron chi connectivity index (χ2n) is 8.81. The Balaban J connectivity index is 1.62. The van der Waals surface area contributed by atoms with Crippen LogP contribution < -0.4 is 10.1 Å². The van der Waals surface area contributed by atoms with Crippen LogP contribution in [-0.2, 0) is 27.3 Å². The Morgan fingerprint density at radius 1 is 1.11 bits per heavy atom. The van der Waals surface area contributed by atoms with E-state index in [0.29, 0.717) is 19.6 Å². The Labute approximate surface area is 213 Å². The Bertz CT molecular complexity index is 1010. The van der Waals surface area contributed by atoms with Crippen LogP contribution in [0.2, 0.25) is 0 Å². The van der Waals surface area contributed by atoms with Gasteiger partial charge in [0.2, 0.25) is 5.91 Å². The van der Waals surface area contributed by atoms with E-state index in [2.05, 4.69) is 24.5 Å². The molecule has 0 radical (unpaired) electrons. The fourth-order valence-electron chi connectivity index (χ4n) is 4.22. The van der Waals surface area contributed by atoms with Gasteiger partial charge in [0.15, 0.2) is 0 Å². The van der Waals surface area contributed by atoms with Crippen molar-refractivity contribution in [1.82, 2.24) is 10.2 Å². The van der Waals surface area contributed by atoms with Gasteiger partial charge in [-0.25, -0.2) is 4.79 Å². The van der Waals surface area contributed by atoms with Crippen molar-refractivity contribution in [3.63, 3.8) is 0 Å². The maximum atomic E-state index is 13.5. The summed E-state index contributed by atoms with van der Waals surface area (Å²) in [6, 6.07) is 16.4. The summed E-state index contributed by atoms with van der Waals surface area (Å²) >= 11 is 0. The van der Waals surface area contributed by atoms with Gasteiger partial charge in [-0.05, 0) is 48.9 Å². The molecule has 192 valence electrons. The Morgan fingerprint density at radius 2 is 1.89 bits per heavy atom. The van der Waals surface area contributed by atoms with Gasteiger partial charge in [-0.2, -0.15) is 0 Å². The van der Waals surface area contributed by atoms with Gasteiger partial charge < -0.3 is 24.4 Å². The summed E-state index contributed by atoms with van der Waals surface area (Å²) in [5, 5.41) is 2.71. The SMILES string of the molecule is C=CCCc1cccc(OC[C@@H]2CC(OC)CN2C(=O)[C@H](CC=C)NC(=O)OCc2ccccc2)c1. The minimum absolute atomic E-state index is 0.101. The average Bonchev–Trinajstić information content (AvgIpc) is 3.33. The van der Waals surface area contributed by atoms with Crippen molar-refractivity contribution in [2.24, 2.45) is 0 Å². The van der Waals surface area contributed by atoms with Crippen molar-refractivity contribution in [2.75, 3.05) is 20.3 Å². The van der Waals surface area contributed by atoms with Crippen LogP contribution in [0, 0.1) is 0 Å². The van der Waals surface area contributed by atoms with Gasteiger partial charge in [0, 0.05) is 13.7 Å². The molecule has 0 aromatic heterocycles. The number of nitrogens with one attached hydrogen (secondary N) is 1. The molecular formula is C29H36N2O5. The number of methoxy groups -OCH3 is 1. The van der Waals surface area contributed by atoms with Crippen LogP contribution >= 0.6 is 0 Å². The number of carbonyl (C=O) groups is 2. The molecule has 0 spiro atoms. The molecule has 0 bridgehead atoms. The molecule has 2 amide bonds. The monoisotopic (exact) mass is 492 g/mol. The van der Waals surface area contributed by atoms with Gasteiger partial charge in [0.25, 0.3) is 0 Å². The minimum atomic E-state index is -0.786. The van der Waals surface area contributed by atoms with E-state index in [1.807, 2.05) is 54.6 Å². The van der Waals surface area contributed by atoms with E-state index < -0.39 is 12.1 Å². The number of carbonyl (C=O) groups excluding carboxylic acids is 2. The van der Waals surface area contributed by atoms with E-state index in [1.165, 1.54) is 5.56 Å². The van der Waals surface area contributed by atoms with E-state index >= 15 is 0 Å². The molecule has 1 heterocycles. The summed E-state index contributed by atoms with van der Waals surface area (Å²) in [6.07, 6.45) is 5.49. The minimum Gasteiger partial charge on any atom is -0.491 e. The topological polar surface area (TPSA) is 77.1 Å². The van der Waals surface area contributed by atoms with E-state index in [4.69, 9.17) is 14.2 Å². The van der Waals surface area contributed by atoms with E-state index in [9.17, 15) is 9.59 Å². The summed E-state index contributed by atoms with van der Waals surface area (Å²) in [4.78, 5) is 27.7. The van der Waals surface area contributed by atoms with Crippen molar-refractivity contribution in [1.29, 1.82) is 0 Å². The fourth-order valence-corrected chi connectivity index (χ4v) is 4.22. The number of hydrogen-bond donors (Lipinski definition) is 1. The highest BCUT2D eigenvalue weighted by Gasteiger charge is 2.38. The van der Waals surface area contributed by atoms with Crippen LogP contribution in [0.1, 0.15) is 30.4 Å². The highest BCUT2D eigenvalue weighted by Crippen LogP contribution is 2.24. The molecule has 2 aromatic rings. The second kappa shape index (κ2) is 14.1. The first-order valence-corrected chi connectivity index (χ1v) is 12.3. The predicted octanol–water partition coefficient (Wildman–Crippen LogP) is 4.67. The lowest BCUT2D eigenvalue weighted by Crippen LogP contribution is -2.51. The standard InChI is InChI=1S/C29H36N2O5/c1-4-6-12-22-15-10-16-25(17-22)35-21-24-18-26(34-3)19-31(24)28(32)27(11-5-2)30-29(33)36-20-23-13-8-7-9-14-23/h4-5,7-10,13-17,24,26-27H,1-2,6,11-12,18-21H2,3H3,(H,30,33)/t24-,26?,27-/m0/s1. The molecule has 7 nitrogen and oxygen atoms in total. The number of amides is 2. The smallest absolute Gasteiger partial charge is 0.408 e. The molecule has 1 unspecified atom stereocenters. The molecular weight excluding hydrogens is 456 g/mol. The van der Waals surface area contributed by atoms with Crippen molar-refractivity contribution < 1.29 is 23.8 Å². The van der Waals surface area contributed by atoms with Gasteiger partial charge in [0.05, 0.1) is 12.1 Å². The van der Waals surface area contributed by atoms with Gasteiger partial charge >= 0.3 is 6.09 Å². The third-order valence-corrected chi connectivity index (χ3v) is 6.18. The normalized spacial score (nSPS) is 17.8. The van der Waals surface area contributed by atoms with Gasteiger partial charge in [-0.3, -0.25) is 4.79 Å². The van der Waals surface area contributed by atoms with Crippen LogP contribution in [0.15, 0.2) is 79.9 Å². The zero-order valence-electron chi connectivity index (χ0n) is 20.9. The molecule has 1 aliphatic rings. The van der Waals surface area contributed by atoms with Crippen LogP contribution in [-0.4, -0.2) is 55.3 Å². The van der Waals surface area contributed by atoms with E-state index in [0.717, 1.165) is 24.2 Å². The summed E-state index contributed by atoms with van der Waals surface area (Å²) in [5.74, 6) is 0.550. The summed E-state index contributed by atoms with van der Waals surface area (Å²) < 4.78 is 17.0. The third-order valence-electron chi connectivity index (χ3n) is 6.18. The number of likely N-dealkylation sites (tertiary alicyclic amines) is 1. The number of rotatable bonds is 13. The lowest BCUT2D eigenvalue weighted by atomic mass is 10.1. The van der Waals surface area contributed by atoms with Gasteiger partial charge in [0.1, 0.15) is 25.0 Å². The Morgan fingerprint density at radius 3 is 2.61 bits per heavy atom. The zero-order valence-corrected chi connectivity index (χ0v) is 20.9. The van der Waals surface area contributed by atoms with Crippen molar-refractivity contribution >= 4 is 12.0 Å². The molecule has 3 rings (SSSR count). The van der Waals surface area contributed by atoms with Crippen LogP contribution in [0.25, 0.3) is 0 Å². The molecule has 7 heteroatoms. The van der Waals surface area contributed by atoms with Crippen LogP contribution in [0.5, 0.6) is 5.75 Å². The molecule has 1 saturated heterocycles. The Hall–Kier alpha value is -3.58. The number of allylic oxidation sites excluding steroid dienone is 1. The lowest BCUT2D eigenvalue weighted by Gasteiger charge is -2.28. The van der Waals surface area contributed by atoms with Crippen LogP contribution in [0.4, 0.5) is 4.79 Å². The van der Waals surface area contributed by atoms with E-state index in [-0.39, 0.29) is 31.1 Å². The molecule has 3 atom stereocenters. The first-order valence-electron chi connectivity index (χ1n) is 12.3. The van der Waals surface area contributed by atoms with Crippen molar-refractivity contribution in [3.8, 4) is 5.75 Å². The number of benzene rings is 2. The number of ether oxygens (including phenoxy) is 3. The molecule has 0 aliphatic carbocycles. The largest absolute Gasteiger partial charge is 0.491 e. The maximum absolute atomic E-state index is 13.5. The van der Waals surface area contributed by atoms with Gasteiger partial charge in [-0.15, -0.1) is 13.2 Å². The first-order chi connectivity index (χ1) is 17.5. The average molecular weight is 493 g/mol. The molecule has 2 aromatic carbocycles. The van der Waals surface area contributed by atoms with Crippen molar-refractivity contribution in [3.05, 3.63) is 91.0 Å². The molecule has 36 heavy (non-hydrogen) atoms. The quantitative estimate of drug-likeness (QED) is 0.411. The maximum Gasteiger partial charge on any atom is 0.408 e. The number of nitrogens with zero attached hydrogens (tertiary/aromatic N) is 1. The summed E-state index contributed by atoms with van der Waals surface area (Å²) in [7, 11) is 1.64. The van der Waals surface area contributed by atoms with Crippen LogP contribution in [0.3, 0.4) is 0 Å². The highest BCUT2D eigenvalue weighted by molar-refractivity contribution is 5.86. The van der Waals surface area contributed by atoms with E-state index in [1.54, 1.807) is 18.1 Å². The number of hydrogen-bond acceptors (Lipinski definition) is 5. The Kier molecular flexibility index (Phi) is 10.6. The summed E-state index contributed by atoms with van der Waals surface area (Å²) in [6.45, 7) is 8.40. The fraction of sp³-hybridized carbons (Fsp3) is 0.379. The van der Waals surface area contributed by atoms with Gasteiger partial charge in [-0.1, -0.05) is 54.6 Å². The highest BCUT2D eigenvalue weighted by atomic mass is 16.5. The summed E-state index contributed by atoms with van der Waals surface area (Å²) in [5.41, 5.74) is 2.04. The third kappa shape index (κ3) is 7.99. The number of aryl methyl sites for hydroxylation is 1. The molecule has 1 aliphatic heterocycles. The molecule has 1 fully saturated rings. The first kappa shape index (κ1) is 27.0. The molecule has 1 N–H and O–H groups in total. The second-order valence-corrected chi connectivity index (χ2v) is 8.81. The van der Waals surface area contributed by atoms with Crippen molar-refractivity contribution in [2.45, 2.75) is 50.5 Å². The predicted molar refractivity (Wildman–Crippen MR) is 140 cm³/mol. The lowest BCUT2D eigenvalue weighted by molar-refractivity contribution is -0.135. The zero-order chi connectivity index (χ0) is 25.8. The number of alkyl carbamates (subject to hydrolysis) is 1. The molecule has 0 saturated carbocycles.